The highest BCUT2D eigenvalue weighted by atomic mass is 32.2. The Bertz CT molecular complexity index is 531. The van der Waals surface area contributed by atoms with Crippen molar-refractivity contribution >= 4 is 15.9 Å². The predicted molar refractivity (Wildman–Crippen MR) is 72.4 cm³/mol. The molecule has 0 radical (unpaired) electrons. The van der Waals surface area contributed by atoms with E-state index in [2.05, 4.69) is 10.0 Å². The van der Waals surface area contributed by atoms with Gasteiger partial charge in [-0.2, -0.15) is 0 Å². The van der Waals surface area contributed by atoms with E-state index >= 15 is 0 Å². The second-order valence-electron chi connectivity index (χ2n) is 3.97. The first-order valence-electron chi connectivity index (χ1n) is 5.94. The van der Waals surface area contributed by atoms with Gasteiger partial charge in [-0.25, -0.2) is 17.5 Å². The van der Waals surface area contributed by atoms with Crippen molar-refractivity contribution in [1.82, 2.24) is 10.0 Å². The molecule has 0 fully saturated rings. The molecule has 2 N–H and O–H groups in total. The zero-order chi connectivity index (χ0) is 15.0. The van der Waals surface area contributed by atoms with Gasteiger partial charge in [0, 0.05) is 25.8 Å². The van der Waals surface area contributed by atoms with Crippen LogP contribution in [0.2, 0.25) is 0 Å². The maximum Gasteiger partial charge on any atom is 0.251 e. The van der Waals surface area contributed by atoms with E-state index in [1.165, 1.54) is 19.2 Å². The molecule has 0 aliphatic carbocycles. The summed E-state index contributed by atoms with van der Waals surface area (Å²) in [5, 5.41) is 2.45. The van der Waals surface area contributed by atoms with Gasteiger partial charge in [0.2, 0.25) is 10.0 Å². The van der Waals surface area contributed by atoms with E-state index in [0.29, 0.717) is 0 Å². The third-order valence-electron chi connectivity index (χ3n) is 2.39. The summed E-state index contributed by atoms with van der Waals surface area (Å²) in [5.41, 5.74) is 0.274. The maximum absolute atomic E-state index is 12.7. The predicted octanol–water partition coefficient (Wildman–Crippen LogP) is 0.121. The number of carbonyl (C=O) groups is 1. The number of rotatable bonds is 8. The second-order valence-corrected chi connectivity index (χ2v) is 5.90. The highest BCUT2D eigenvalue weighted by Gasteiger charge is 2.11. The minimum Gasteiger partial charge on any atom is -0.383 e. The van der Waals surface area contributed by atoms with Crippen molar-refractivity contribution in [3.05, 3.63) is 35.6 Å². The monoisotopic (exact) mass is 304 g/mol. The van der Waals surface area contributed by atoms with Crippen molar-refractivity contribution in [2.24, 2.45) is 0 Å². The Balaban J connectivity index is 2.36. The van der Waals surface area contributed by atoms with Crippen LogP contribution in [-0.4, -0.2) is 46.9 Å². The van der Waals surface area contributed by atoms with Gasteiger partial charge < -0.3 is 10.1 Å². The summed E-state index contributed by atoms with van der Waals surface area (Å²) in [6.45, 7) is 0.435. The lowest BCUT2D eigenvalue weighted by Crippen LogP contribution is -2.35. The lowest BCUT2D eigenvalue weighted by molar-refractivity contribution is 0.0956. The van der Waals surface area contributed by atoms with E-state index in [1.54, 1.807) is 0 Å². The van der Waals surface area contributed by atoms with Crippen LogP contribution in [-0.2, 0) is 14.8 Å². The molecule has 0 bridgehead atoms. The molecule has 0 aliphatic heterocycles. The molecule has 0 heterocycles. The summed E-state index contributed by atoms with van der Waals surface area (Å²) in [6, 6.07) is 4.99. The van der Waals surface area contributed by atoms with Crippen molar-refractivity contribution in [1.29, 1.82) is 0 Å². The lowest BCUT2D eigenvalue weighted by Gasteiger charge is -2.07. The fourth-order valence-electron chi connectivity index (χ4n) is 1.37. The molecule has 0 saturated carbocycles. The highest BCUT2D eigenvalue weighted by Crippen LogP contribution is 2.02. The van der Waals surface area contributed by atoms with Gasteiger partial charge in [-0.1, -0.05) is 0 Å². The first kappa shape index (κ1) is 16.5. The van der Waals surface area contributed by atoms with Crippen molar-refractivity contribution in [2.75, 3.05) is 32.6 Å². The molecule has 0 saturated heterocycles. The molecule has 1 amide bonds. The summed E-state index contributed by atoms with van der Waals surface area (Å²) in [6.07, 6.45) is 0. The number of amides is 1. The van der Waals surface area contributed by atoms with E-state index in [4.69, 9.17) is 4.74 Å². The number of halogens is 1. The van der Waals surface area contributed by atoms with Crippen molar-refractivity contribution in [3.8, 4) is 0 Å². The topological polar surface area (TPSA) is 84.5 Å². The SMILES string of the molecule is COCCNS(=O)(=O)CCNC(=O)c1ccc(F)cc1. The van der Waals surface area contributed by atoms with Crippen LogP contribution in [0, 0.1) is 5.82 Å². The van der Waals surface area contributed by atoms with Crippen molar-refractivity contribution < 1.29 is 22.3 Å². The van der Waals surface area contributed by atoms with E-state index in [0.717, 1.165) is 12.1 Å². The molecule has 0 spiro atoms. The third kappa shape index (κ3) is 6.09. The van der Waals surface area contributed by atoms with Gasteiger partial charge in [0.05, 0.1) is 12.4 Å². The molecule has 0 unspecified atom stereocenters. The van der Waals surface area contributed by atoms with Crippen LogP contribution >= 0.6 is 0 Å². The number of sulfonamides is 1. The van der Waals surface area contributed by atoms with E-state index in [1.807, 2.05) is 0 Å². The average Bonchev–Trinajstić information content (AvgIpc) is 2.39. The van der Waals surface area contributed by atoms with Crippen molar-refractivity contribution in [3.63, 3.8) is 0 Å². The zero-order valence-electron chi connectivity index (χ0n) is 11.1. The lowest BCUT2D eigenvalue weighted by atomic mass is 10.2. The smallest absolute Gasteiger partial charge is 0.251 e. The highest BCUT2D eigenvalue weighted by molar-refractivity contribution is 7.89. The number of carbonyl (C=O) groups excluding carboxylic acids is 1. The zero-order valence-corrected chi connectivity index (χ0v) is 11.9. The second kappa shape index (κ2) is 7.93. The Labute approximate surface area is 117 Å². The number of methoxy groups -OCH3 is 1. The fourth-order valence-corrected chi connectivity index (χ4v) is 2.28. The van der Waals surface area contributed by atoms with E-state index in [9.17, 15) is 17.6 Å². The molecular formula is C12H17FN2O4S. The quantitative estimate of drug-likeness (QED) is 0.668. The molecular weight excluding hydrogens is 287 g/mol. The first-order chi connectivity index (χ1) is 9.44. The van der Waals surface area contributed by atoms with Gasteiger partial charge in [0.15, 0.2) is 0 Å². The molecule has 1 rings (SSSR count). The van der Waals surface area contributed by atoms with Gasteiger partial charge in [0.1, 0.15) is 5.82 Å². The van der Waals surface area contributed by atoms with Crippen LogP contribution in [0.3, 0.4) is 0 Å². The number of ether oxygens (including phenoxy) is 1. The van der Waals surface area contributed by atoms with E-state index < -0.39 is 21.7 Å². The Morgan fingerprint density at radius 2 is 1.90 bits per heavy atom. The number of nitrogens with one attached hydrogen (secondary N) is 2. The molecule has 112 valence electrons. The molecule has 0 aliphatic rings. The number of benzene rings is 1. The summed E-state index contributed by atoms with van der Waals surface area (Å²) in [7, 11) is -1.97. The fraction of sp³-hybridized carbons (Fsp3) is 0.417. The maximum atomic E-state index is 12.7. The number of hydrogen-bond donors (Lipinski definition) is 2. The molecule has 20 heavy (non-hydrogen) atoms. The standard InChI is InChI=1S/C12H17FN2O4S/c1-19-8-6-15-20(17,18)9-7-14-12(16)10-2-4-11(13)5-3-10/h2-5,15H,6-9H2,1H3,(H,14,16). The molecule has 1 aromatic rings. The molecule has 8 heteroatoms. The van der Waals surface area contributed by atoms with E-state index in [-0.39, 0.29) is 31.0 Å². The van der Waals surface area contributed by atoms with Gasteiger partial charge in [-0.05, 0) is 24.3 Å². The summed E-state index contributed by atoms with van der Waals surface area (Å²) >= 11 is 0. The van der Waals surface area contributed by atoms with Crippen LogP contribution in [0.5, 0.6) is 0 Å². The minimum absolute atomic E-state index is 0.0292. The van der Waals surface area contributed by atoms with Crippen LogP contribution in [0.25, 0.3) is 0 Å². The van der Waals surface area contributed by atoms with Crippen molar-refractivity contribution in [2.45, 2.75) is 0 Å². The Morgan fingerprint density at radius 3 is 2.50 bits per heavy atom. The summed E-state index contributed by atoms with van der Waals surface area (Å²) in [4.78, 5) is 11.6. The number of hydrogen-bond acceptors (Lipinski definition) is 4. The van der Waals surface area contributed by atoms with Gasteiger partial charge in [-0.3, -0.25) is 4.79 Å². The summed E-state index contributed by atoms with van der Waals surface area (Å²) in [5.74, 6) is -1.12. The Morgan fingerprint density at radius 1 is 1.25 bits per heavy atom. The molecule has 0 atom stereocenters. The molecule has 1 aromatic carbocycles. The largest absolute Gasteiger partial charge is 0.383 e. The Hall–Kier alpha value is -1.51. The Kier molecular flexibility index (Phi) is 6.56. The average molecular weight is 304 g/mol. The summed E-state index contributed by atoms with van der Waals surface area (Å²) < 4.78 is 42.7. The third-order valence-corrected chi connectivity index (χ3v) is 3.78. The van der Waals surface area contributed by atoms with Gasteiger partial charge >= 0.3 is 0 Å². The first-order valence-corrected chi connectivity index (χ1v) is 7.60. The molecule has 0 aromatic heterocycles. The minimum atomic E-state index is -3.44. The molecule has 6 nitrogen and oxygen atoms in total. The normalized spacial score (nSPS) is 11.3. The van der Waals surface area contributed by atoms with Gasteiger partial charge in [0.25, 0.3) is 5.91 Å². The van der Waals surface area contributed by atoms with Crippen LogP contribution in [0.1, 0.15) is 10.4 Å². The van der Waals surface area contributed by atoms with Gasteiger partial charge in [-0.15, -0.1) is 0 Å². The van der Waals surface area contributed by atoms with Crippen LogP contribution < -0.4 is 10.0 Å². The van der Waals surface area contributed by atoms with Crippen LogP contribution in [0.15, 0.2) is 24.3 Å². The van der Waals surface area contributed by atoms with Crippen LogP contribution in [0.4, 0.5) is 4.39 Å².